The Kier molecular flexibility index (Phi) is 13.4. The summed E-state index contributed by atoms with van der Waals surface area (Å²) < 4.78 is 6.54. The molecule has 0 aliphatic rings. The van der Waals surface area contributed by atoms with Crippen LogP contribution in [0.4, 0.5) is 5.69 Å². The van der Waals surface area contributed by atoms with Crippen LogP contribution in [-0.2, 0) is 20.8 Å². The quantitative estimate of drug-likeness (QED) is 0.404. The molecule has 6 nitrogen and oxygen atoms in total. The van der Waals surface area contributed by atoms with Crippen molar-refractivity contribution in [3.05, 3.63) is 23.8 Å². The molecule has 0 aromatic heterocycles. The Hall–Kier alpha value is -1.95. The largest absolute Gasteiger partial charge is 0.542 e. The number of hydrogen-bond acceptors (Lipinski definition) is 5. The number of anilines is 1. The highest BCUT2D eigenvalue weighted by atomic mass is 28.4. The molecule has 0 fully saturated rings. The lowest BCUT2D eigenvalue weighted by atomic mass is 9.90. The molecule has 7 heteroatoms. The Balaban J connectivity index is 0.00000302. The van der Waals surface area contributed by atoms with E-state index in [1.807, 2.05) is 6.07 Å². The van der Waals surface area contributed by atoms with Crippen LogP contribution in [0.1, 0.15) is 72.8 Å². The number of nitrogens with two attached hydrogens (primary N) is 1. The van der Waals surface area contributed by atoms with Gasteiger partial charge in [0.25, 0.3) is 8.32 Å². The Morgan fingerprint density at radius 2 is 1.78 bits per heavy atom. The minimum Gasteiger partial charge on any atom is -0.542 e. The summed E-state index contributed by atoms with van der Waals surface area (Å²) in [5, 5.41) is 3.18. The van der Waals surface area contributed by atoms with Crippen molar-refractivity contribution in [2.75, 3.05) is 11.9 Å². The summed E-state index contributed by atoms with van der Waals surface area (Å²) in [6, 6.07) is 6.31. The van der Waals surface area contributed by atoms with Crippen molar-refractivity contribution in [1.82, 2.24) is 0 Å². The molecule has 182 valence electrons. The average Bonchev–Trinajstić information content (AvgIpc) is 2.67. The first-order valence-electron chi connectivity index (χ1n) is 11.6. The summed E-state index contributed by atoms with van der Waals surface area (Å²) in [4.78, 5) is 28.6. The zero-order valence-electron chi connectivity index (χ0n) is 21.3. The molecular weight excluding hydrogens is 420 g/mol. The summed E-state index contributed by atoms with van der Waals surface area (Å²) in [6.07, 6.45) is 4.82. The first kappa shape index (κ1) is 30.0. The van der Waals surface area contributed by atoms with Crippen LogP contribution in [0.15, 0.2) is 18.2 Å². The van der Waals surface area contributed by atoms with E-state index in [1.54, 1.807) is 0 Å². The molecule has 2 atom stereocenters. The van der Waals surface area contributed by atoms with Gasteiger partial charge in [0, 0.05) is 6.42 Å². The van der Waals surface area contributed by atoms with Gasteiger partial charge in [0.2, 0.25) is 5.91 Å². The van der Waals surface area contributed by atoms with E-state index in [-0.39, 0.29) is 17.1 Å². The van der Waals surface area contributed by atoms with Crippen molar-refractivity contribution in [1.29, 1.82) is 0 Å². The molecule has 3 N–H and O–H groups in total. The number of carbonyl (C=O) groups is 1. The molecule has 32 heavy (non-hydrogen) atoms. The smallest absolute Gasteiger partial charge is 0.373 e. The standard InChI is InChI=1S/C24H44N2O2Si.CO2/c1-9-18(2)15-19(3)16-20-12-13-22(28-29(7,8)24(4,5)6)21(17-20)26-23(27)11-10-14-25;2-1-3/h12-13,17-19H,9-11,14-16,25H2,1-8H3,(H,26,27);/t18?,19-;/m1./s1. The van der Waals surface area contributed by atoms with Gasteiger partial charge in [0.1, 0.15) is 5.75 Å². The van der Waals surface area contributed by atoms with E-state index in [9.17, 15) is 4.79 Å². The Bertz CT molecular complexity index is 738. The first-order chi connectivity index (χ1) is 14.8. The van der Waals surface area contributed by atoms with E-state index in [2.05, 4.69) is 72.1 Å². The van der Waals surface area contributed by atoms with Crippen LogP contribution in [-0.4, -0.2) is 26.9 Å². The highest BCUT2D eigenvalue weighted by Crippen LogP contribution is 2.39. The SMILES string of the molecule is CCC(C)C[C@@H](C)Cc1ccc(O[Si](C)(C)C(C)(C)C)c(NC(=O)CCCN)c1.O=C=O. The topological polar surface area (TPSA) is 98.5 Å². The highest BCUT2D eigenvalue weighted by molar-refractivity contribution is 6.74. The second-order valence-electron chi connectivity index (χ2n) is 10.3. The lowest BCUT2D eigenvalue weighted by Gasteiger charge is -2.37. The molecule has 0 radical (unpaired) electrons. The first-order valence-corrected chi connectivity index (χ1v) is 14.5. The molecule has 0 spiro atoms. The molecule has 0 saturated carbocycles. The van der Waals surface area contributed by atoms with Gasteiger partial charge in [-0.05, 0) is 73.5 Å². The zero-order valence-corrected chi connectivity index (χ0v) is 22.3. The van der Waals surface area contributed by atoms with Crippen LogP contribution in [0.5, 0.6) is 5.75 Å². The third-order valence-corrected chi connectivity index (χ3v) is 10.5. The molecule has 0 aliphatic heterocycles. The van der Waals surface area contributed by atoms with Gasteiger partial charge in [-0.25, -0.2) is 0 Å². The second-order valence-corrected chi connectivity index (χ2v) is 15.0. The Labute approximate surface area is 195 Å². The maximum atomic E-state index is 12.4. The van der Waals surface area contributed by atoms with Gasteiger partial charge in [-0.1, -0.05) is 54.0 Å². The minimum atomic E-state index is -2.00. The molecule has 0 saturated heterocycles. The van der Waals surface area contributed by atoms with Crippen LogP contribution < -0.4 is 15.5 Å². The van der Waals surface area contributed by atoms with Gasteiger partial charge in [-0.3, -0.25) is 4.79 Å². The van der Waals surface area contributed by atoms with E-state index in [1.165, 1.54) is 18.4 Å². The zero-order chi connectivity index (χ0) is 24.9. The molecule has 0 heterocycles. The highest BCUT2D eigenvalue weighted by Gasteiger charge is 2.39. The number of benzene rings is 1. The molecule has 1 unspecified atom stereocenters. The average molecular weight is 465 g/mol. The number of hydrogen-bond donors (Lipinski definition) is 2. The Morgan fingerprint density at radius 1 is 1.19 bits per heavy atom. The summed E-state index contributed by atoms with van der Waals surface area (Å²) in [5.74, 6) is 2.14. The molecular formula is C25H44N2O4Si. The van der Waals surface area contributed by atoms with Crippen LogP contribution in [0.25, 0.3) is 0 Å². The van der Waals surface area contributed by atoms with Crippen LogP contribution in [0.2, 0.25) is 18.1 Å². The van der Waals surface area contributed by atoms with Crippen molar-refractivity contribution in [3.63, 3.8) is 0 Å². The third kappa shape index (κ3) is 11.1. The maximum absolute atomic E-state index is 12.4. The normalized spacial score (nSPS) is 13.3. The fraction of sp³-hybridized carbons (Fsp3) is 0.680. The molecule has 1 amide bonds. The minimum absolute atomic E-state index is 0.000310. The predicted octanol–water partition coefficient (Wildman–Crippen LogP) is 5.78. The monoisotopic (exact) mass is 464 g/mol. The van der Waals surface area contributed by atoms with E-state index in [4.69, 9.17) is 19.7 Å². The fourth-order valence-electron chi connectivity index (χ4n) is 3.13. The fourth-order valence-corrected chi connectivity index (χ4v) is 4.17. The van der Waals surface area contributed by atoms with Gasteiger partial charge < -0.3 is 15.5 Å². The molecule has 1 rings (SSSR count). The number of rotatable bonds is 11. The van der Waals surface area contributed by atoms with Gasteiger partial charge in [-0.2, -0.15) is 9.59 Å². The predicted molar refractivity (Wildman–Crippen MR) is 133 cm³/mol. The number of carbonyl (C=O) groups excluding carboxylic acids is 3. The molecule has 0 bridgehead atoms. The maximum Gasteiger partial charge on any atom is 0.373 e. The third-order valence-electron chi connectivity index (χ3n) is 6.18. The van der Waals surface area contributed by atoms with E-state index >= 15 is 0 Å². The van der Waals surface area contributed by atoms with Gasteiger partial charge in [0.05, 0.1) is 5.69 Å². The number of nitrogens with one attached hydrogen (secondary N) is 1. The summed E-state index contributed by atoms with van der Waals surface area (Å²) in [7, 11) is -2.00. The van der Waals surface area contributed by atoms with Crippen LogP contribution >= 0.6 is 0 Å². The van der Waals surface area contributed by atoms with Crippen LogP contribution in [0, 0.1) is 11.8 Å². The van der Waals surface area contributed by atoms with Crippen molar-refractivity contribution in [3.8, 4) is 5.75 Å². The van der Waals surface area contributed by atoms with E-state index in [0.29, 0.717) is 25.3 Å². The van der Waals surface area contributed by atoms with Gasteiger partial charge in [-0.15, -0.1) is 0 Å². The number of amides is 1. The van der Waals surface area contributed by atoms with Crippen molar-refractivity contribution in [2.45, 2.75) is 91.8 Å². The summed E-state index contributed by atoms with van der Waals surface area (Å²) in [6.45, 7) is 18.5. The second kappa shape index (κ2) is 14.2. The summed E-state index contributed by atoms with van der Waals surface area (Å²) in [5.41, 5.74) is 7.61. The van der Waals surface area contributed by atoms with E-state index < -0.39 is 8.32 Å². The lowest BCUT2D eigenvalue weighted by Crippen LogP contribution is -2.44. The molecule has 1 aromatic rings. The van der Waals surface area contributed by atoms with Crippen LogP contribution in [0.3, 0.4) is 0 Å². The Morgan fingerprint density at radius 3 is 2.28 bits per heavy atom. The van der Waals surface area contributed by atoms with Crippen molar-refractivity contribution in [2.24, 2.45) is 17.6 Å². The van der Waals surface area contributed by atoms with Crippen molar-refractivity contribution < 1.29 is 18.8 Å². The van der Waals surface area contributed by atoms with Gasteiger partial charge in [0.15, 0.2) is 0 Å². The molecule has 1 aromatic carbocycles. The lowest BCUT2D eigenvalue weighted by molar-refractivity contribution is -0.191. The molecule has 0 aliphatic carbocycles. The van der Waals surface area contributed by atoms with Gasteiger partial charge >= 0.3 is 6.15 Å². The summed E-state index contributed by atoms with van der Waals surface area (Å²) >= 11 is 0. The van der Waals surface area contributed by atoms with E-state index in [0.717, 1.165) is 23.8 Å². The van der Waals surface area contributed by atoms with Crippen molar-refractivity contribution >= 4 is 26.1 Å².